The number of rotatable bonds is 8. The Morgan fingerprint density at radius 2 is 1.45 bits per heavy atom. The number of aliphatic imine (C=N–C) groups is 2. The monoisotopic (exact) mass is 423 g/mol. The summed E-state index contributed by atoms with van der Waals surface area (Å²) in [4.78, 5) is 11.7. The number of anilines is 1. The number of hydrogen-bond donors (Lipinski definition) is 2. The lowest BCUT2D eigenvalue weighted by atomic mass is 9.91. The molecule has 1 aliphatic rings. The summed E-state index contributed by atoms with van der Waals surface area (Å²) in [5, 5.41) is 20.6. The third-order valence-corrected chi connectivity index (χ3v) is 5.88. The Morgan fingerprint density at radius 1 is 0.903 bits per heavy atom. The van der Waals surface area contributed by atoms with Crippen molar-refractivity contribution in [3.8, 4) is 17.2 Å². The Hall–Kier alpha value is -3.02. The number of hydrogen-bond acceptors (Lipinski definition) is 6. The molecular formula is C25H33N3O3. The van der Waals surface area contributed by atoms with Crippen LogP contribution < -0.4 is 9.64 Å². The van der Waals surface area contributed by atoms with Gasteiger partial charge in [0.15, 0.2) is 0 Å². The van der Waals surface area contributed by atoms with Gasteiger partial charge in [0.1, 0.15) is 17.2 Å². The van der Waals surface area contributed by atoms with Crippen molar-refractivity contribution < 1.29 is 14.9 Å². The predicted molar refractivity (Wildman–Crippen MR) is 128 cm³/mol. The fourth-order valence-corrected chi connectivity index (χ4v) is 3.98. The molecule has 2 atom stereocenters. The van der Waals surface area contributed by atoms with E-state index in [2.05, 4.69) is 18.7 Å². The zero-order valence-electron chi connectivity index (χ0n) is 18.7. The number of benzene rings is 2. The molecule has 0 saturated heterocycles. The van der Waals surface area contributed by atoms with E-state index >= 15 is 0 Å². The molecule has 31 heavy (non-hydrogen) atoms. The molecule has 1 saturated carbocycles. The zero-order valence-corrected chi connectivity index (χ0v) is 18.7. The van der Waals surface area contributed by atoms with Crippen molar-refractivity contribution in [1.82, 2.24) is 0 Å². The average Bonchev–Trinajstić information content (AvgIpc) is 2.79. The number of methoxy groups -OCH3 is 1. The minimum Gasteiger partial charge on any atom is -0.507 e. The smallest absolute Gasteiger partial charge is 0.128 e. The van der Waals surface area contributed by atoms with Crippen LogP contribution in [0.2, 0.25) is 0 Å². The molecular weight excluding hydrogens is 390 g/mol. The van der Waals surface area contributed by atoms with Crippen LogP contribution in [-0.4, -0.2) is 54.9 Å². The molecule has 166 valence electrons. The lowest BCUT2D eigenvalue weighted by Gasteiger charge is -2.25. The van der Waals surface area contributed by atoms with Crippen molar-refractivity contribution >= 4 is 18.1 Å². The van der Waals surface area contributed by atoms with Crippen molar-refractivity contribution in [2.45, 2.75) is 51.6 Å². The molecule has 2 aromatic carbocycles. The normalized spacial score (nSPS) is 19.2. The highest BCUT2D eigenvalue weighted by Crippen LogP contribution is 2.27. The first kappa shape index (κ1) is 22.7. The summed E-state index contributed by atoms with van der Waals surface area (Å²) in [6, 6.07) is 11.1. The standard InChI is InChI=1S/C25H33N3O3/c1-4-28(5-2)20-12-10-18(24(29)14-20)16-26-22-8-6-7-9-23(22)27-17-19-11-13-21(31-3)15-25(19)30/h10-17,22-23,29-30H,4-9H2,1-3H3/t22-,23-/m1/s1. The van der Waals surface area contributed by atoms with Crippen molar-refractivity contribution in [1.29, 1.82) is 0 Å². The van der Waals surface area contributed by atoms with E-state index in [1.54, 1.807) is 37.7 Å². The van der Waals surface area contributed by atoms with Crippen LogP contribution in [0.5, 0.6) is 17.2 Å². The van der Waals surface area contributed by atoms with Crippen molar-refractivity contribution in [2.24, 2.45) is 9.98 Å². The first-order valence-electron chi connectivity index (χ1n) is 11.1. The minimum atomic E-state index is 0.0589. The largest absolute Gasteiger partial charge is 0.507 e. The molecule has 6 nitrogen and oxygen atoms in total. The lowest BCUT2D eigenvalue weighted by Crippen LogP contribution is -2.27. The average molecular weight is 424 g/mol. The predicted octanol–water partition coefficient (Wildman–Crippen LogP) is 4.80. The van der Waals surface area contributed by atoms with Gasteiger partial charge >= 0.3 is 0 Å². The minimum absolute atomic E-state index is 0.0589. The van der Waals surface area contributed by atoms with Gasteiger partial charge < -0.3 is 19.8 Å². The van der Waals surface area contributed by atoms with E-state index in [4.69, 9.17) is 14.7 Å². The summed E-state index contributed by atoms with van der Waals surface area (Å²) in [5.41, 5.74) is 2.40. The van der Waals surface area contributed by atoms with Crippen LogP contribution in [0.25, 0.3) is 0 Å². The van der Waals surface area contributed by atoms with Crippen LogP contribution in [0.3, 0.4) is 0 Å². The van der Waals surface area contributed by atoms with E-state index in [0.717, 1.165) is 50.0 Å². The Kier molecular flexibility index (Phi) is 7.93. The summed E-state index contributed by atoms with van der Waals surface area (Å²) in [5.74, 6) is 1.01. The van der Waals surface area contributed by atoms with Crippen LogP contribution in [0.4, 0.5) is 5.69 Å². The van der Waals surface area contributed by atoms with Gasteiger partial charge in [0.25, 0.3) is 0 Å². The zero-order chi connectivity index (χ0) is 22.2. The maximum absolute atomic E-state index is 10.5. The lowest BCUT2D eigenvalue weighted by molar-refractivity contribution is 0.390. The third kappa shape index (κ3) is 5.78. The molecule has 0 aromatic heterocycles. The van der Waals surface area contributed by atoms with Crippen LogP contribution in [0.1, 0.15) is 50.7 Å². The van der Waals surface area contributed by atoms with Crippen LogP contribution in [-0.2, 0) is 0 Å². The highest BCUT2D eigenvalue weighted by molar-refractivity contribution is 5.85. The van der Waals surface area contributed by atoms with Crippen LogP contribution >= 0.6 is 0 Å². The highest BCUT2D eigenvalue weighted by Gasteiger charge is 2.23. The fraction of sp³-hybridized carbons (Fsp3) is 0.440. The molecule has 0 heterocycles. The topological polar surface area (TPSA) is 77.7 Å². The van der Waals surface area contributed by atoms with Gasteiger partial charge in [-0.15, -0.1) is 0 Å². The maximum atomic E-state index is 10.5. The number of phenolic OH excluding ortho intramolecular Hbond substituents is 2. The first-order valence-corrected chi connectivity index (χ1v) is 11.1. The van der Waals surface area contributed by atoms with E-state index in [9.17, 15) is 10.2 Å². The molecule has 0 amide bonds. The molecule has 0 unspecified atom stereocenters. The molecule has 0 bridgehead atoms. The molecule has 1 fully saturated rings. The van der Waals surface area contributed by atoms with Gasteiger partial charge in [0.2, 0.25) is 0 Å². The van der Waals surface area contributed by atoms with Gasteiger partial charge in [-0.05, 0) is 51.0 Å². The number of ether oxygens (including phenoxy) is 1. The van der Waals surface area contributed by atoms with E-state index in [-0.39, 0.29) is 23.6 Å². The van der Waals surface area contributed by atoms with Crippen molar-refractivity contribution in [3.63, 3.8) is 0 Å². The molecule has 2 N–H and O–H groups in total. The van der Waals surface area contributed by atoms with Gasteiger partial charge in [-0.1, -0.05) is 12.8 Å². The van der Waals surface area contributed by atoms with E-state index < -0.39 is 0 Å². The number of phenols is 2. The van der Waals surface area contributed by atoms with Crippen LogP contribution in [0.15, 0.2) is 46.4 Å². The van der Waals surface area contributed by atoms with Crippen LogP contribution in [0, 0.1) is 0 Å². The molecule has 6 heteroatoms. The second-order valence-electron chi connectivity index (χ2n) is 7.82. The molecule has 3 rings (SSSR count). The maximum Gasteiger partial charge on any atom is 0.128 e. The molecule has 0 aliphatic heterocycles. The quantitative estimate of drug-likeness (QED) is 0.598. The number of aromatic hydroxyl groups is 2. The SMILES string of the molecule is CCN(CC)c1ccc(C=N[C@@H]2CCCC[C@H]2N=Cc2ccc(OC)cc2O)c(O)c1. The van der Waals surface area contributed by atoms with Crippen molar-refractivity contribution in [2.75, 3.05) is 25.1 Å². The van der Waals surface area contributed by atoms with Gasteiger partial charge in [-0.2, -0.15) is 0 Å². The third-order valence-electron chi connectivity index (χ3n) is 5.88. The molecule has 0 radical (unpaired) electrons. The Labute approximate surface area is 184 Å². The number of nitrogens with zero attached hydrogens (tertiary/aromatic N) is 3. The van der Waals surface area contributed by atoms with Gasteiger partial charge in [0.05, 0.1) is 19.2 Å². The molecule has 2 aromatic rings. The summed E-state index contributed by atoms with van der Waals surface area (Å²) >= 11 is 0. The fourth-order valence-electron chi connectivity index (χ4n) is 3.98. The highest BCUT2D eigenvalue weighted by atomic mass is 16.5. The second-order valence-corrected chi connectivity index (χ2v) is 7.82. The summed E-state index contributed by atoms with van der Waals surface area (Å²) in [6.07, 6.45) is 7.66. The van der Waals surface area contributed by atoms with Gasteiger partial charge in [0, 0.05) is 54.5 Å². The van der Waals surface area contributed by atoms with Gasteiger partial charge in [-0.25, -0.2) is 0 Å². The summed E-state index contributed by atoms with van der Waals surface area (Å²) in [6.45, 7) is 6.00. The van der Waals surface area contributed by atoms with Gasteiger partial charge in [-0.3, -0.25) is 9.98 Å². The first-order chi connectivity index (χ1) is 15.0. The molecule has 0 spiro atoms. The Morgan fingerprint density at radius 3 is 1.94 bits per heavy atom. The van der Waals surface area contributed by atoms with Crippen molar-refractivity contribution in [3.05, 3.63) is 47.5 Å². The van der Waals surface area contributed by atoms with E-state index in [1.807, 2.05) is 18.2 Å². The van der Waals surface area contributed by atoms with E-state index in [1.165, 1.54) is 0 Å². The summed E-state index contributed by atoms with van der Waals surface area (Å²) in [7, 11) is 1.57. The summed E-state index contributed by atoms with van der Waals surface area (Å²) < 4.78 is 5.13. The molecule has 1 aliphatic carbocycles. The Bertz CT molecular complexity index is 922. The Balaban J connectivity index is 1.73. The van der Waals surface area contributed by atoms with E-state index in [0.29, 0.717) is 11.3 Å². The second kappa shape index (κ2) is 10.8.